The van der Waals surface area contributed by atoms with Gasteiger partial charge in [-0.05, 0) is 6.92 Å². The van der Waals surface area contributed by atoms with Crippen molar-refractivity contribution < 1.29 is 9.59 Å². The Bertz CT molecular complexity index is 389. The van der Waals surface area contributed by atoms with Crippen LogP contribution in [-0.4, -0.2) is 51.1 Å². The molecule has 1 atom stereocenters. The molecule has 2 heterocycles. The number of nitrogens with zero attached hydrogens (tertiary/aromatic N) is 4. The fraction of sp³-hybridized carbons (Fsp3) is 0.556. The largest absolute Gasteiger partial charge is 0.353 e. The van der Waals surface area contributed by atoms with Crippen LogP contribution in [-0.2, 0) is 9.59 Å². The van der Waals surface area contributed by atoms with Crippen LogP contribution in [0.2, 0.25) is 0 Å². The minimum atomic E-state index is -0.423. The highest BCUT2D eigenvalue weighted by molar-refractivity contribution is 5.87. The third-order valence-corrected chi connectivity index (χ3v) is 2.54. The van der Waals surface area contributed by atoms with Gasteiger partial charge in [0.05, 0.1) is 6.54 Å². The minimum Gasteiger partial charge on any atom is -0.353 e. The summed E-state index contributed by atoms with van der Waals surface area (Å²) in [6, 6.07) is -0.423. The van der Waals surface area contributed by atoms with Crippen molar-refractivity contribution >= 4 is 11.8 Å². The molecule has 1 unspecified atom stereocenters. The topological polar surface area (TPSA) is 80.1 Å². The summed E-state index contributed by atoms with van der Waals surface area (Å²) in [4.78, 5) is 28.5. The first kappa shape index (κ1) is 10.6. The Hall–Kier alpha value is -1.92. The monoisotopic (exact) mass is 223 g/mol. The number of rotatable bonds is 2. The first-order valence-corrected chi connectivity index (χ1v) is 5.08. The van der Waals surface area contributed by atoms with Crippen LogP contribution in [0.15, 0.2) is 12.7 Å². The van der Waals surface area contributed by atoms with E-state index in [4.69, 9.17) is 0 Å². The van der Waals surface area contributed by atoms with Gasteiger partial charge in [0, 0.05) is 13.1 Å². The molecule has 0 saturated carbocycles. The number of amides is 2. The van der Waals surface area contributed by atoms with Gasteiger partial charge in [-0.2, -0.15) is 5.10 Å². The molecule has 0 bridgehead atoms. The second-order valence-corrected chi connectivity index (χ2v) is 3.66. The highest BCUT2D eigenvalue weighted by Gasteiger charge is 2.26. The molecule has 1 fully saturated rings. The standard InChI is InChI=1S/C9H13N5O2/c1-7(14-6-10-5-12-14)9(16)13-3-2-11-8(15)4-13/h5-7H,2-4H2,1H3,(H,11,15). The molecule has 86 valence electrons. The van der Waals surface area contributed by atoms with Gasteiger partial charge in [-0.15, -0.1) is 0 Å². The molecule has 1 aromatic rings. The molecule has 1 aromatic heterocycles. The Morgan fingerprint density at radius 1 is 1.62 bits per heavy atom. The predicted octanol–water partition coefficient (Wildman–Crippen LogP) is -1.20. The van der Waals surface area contributed by atoms with Gasteiger partial charge >= 0.3 is 0 Å². The number of carbonyl (C=O) groups excluding carboxylic acids is 2. The Morgan fingerprint density at radius 2 is 2.44 bits per heavy atom. The maximum absolute atomic E-state index is 12.0. The number of nitrogens with one attached hydrogen (secondary N) is 1. The van der Waals surface area contributed by atoms with Crippen molar-refractivity contribution in [2.75, 3.05) is 19.6 Å². The second kappa shape index (κ2) is 4.30. The Labute approximate surface area is 92.4 Å². The van der Waals surface area contributed by atoms with E-state index < -0.39 is 6.04 Å². The van der Waals surface area contributed by atoms with Crippen LogP contribution in [0, 0.1) is 0 Å². The van der Waals surface area contributed by atoms with E-state index in [1.54, 1.807) is 6.92 Å². The van der Waals surface area contributed by atoms with E-state index in [0.717, 1.165) is 0 Å². The number of piperazine rings is 1. The van der Waals surface area contributed by atoms with E-state index in [-0.39, 0.29) is 18.4 Å². The van der Waals surface area contributed by atoms with Crippen LogP contribution in [0.25, 0.3) is 0 Å². The molecule has 2 rings (SSSR count). The quantitative estimate of drug-likeness (QED) is 0.682. The number of hydrogen-bond donors (Lipinski definition) is 1. The Kier molecular flexibility index (Phi) is 2.84. The summed E-state index contributed by atoms with van der Waals surface area (Å²) in [6.45, 7) is 2.92. The van der Waals surface area contributed by atoms with Crippen molar-refractivity contribution in [3.05, 3.63) is 12.7 Å². The van der Waals surface area contributed by atoms with Crippen molar-refractivity contribution in [1.82, 2.24) is 25.0 Å². The third-order valence-electron chi connectivity index (χ3n) is 2.54. The molecule has 7 heteroatoms. The Balaban J connectivity index is 2.04. The first-order chi connectivity index (χ1) is 7.68. The molecule has 7 nitrogen and oxygen atoms in total. The van der Waals surface area contributed by atoms with Crippen molar-refractivity contribution in [2.45, 2.75) is 13.0 Å². The van der Waals surface area contributed by atoms with Crippen LogP contribution in [0.3, 0.4) is 0 Å². The summed E-state index contributed by atoms with van der Waals surface area (Å²) >= 11 is 0. The van der Waals surface area contributed by atoms with E-state index >= 15 is 0 Å². The molecule has 1 saturated heterocycles. The van der Waals surface area contributed by atoms with Crippen LogP contribution in [0.5, 0.6) is 0 Å². The summed E-state index contributed by atoms with van der Waals surface area (Å²) in [5.74, 6) is -0.231. The van der Waals surface area contributed by atoms with Gasteiger partial charge in [-0.3, -0.25) is 9.59 Å². The molecular weight excluding hydrogens is 210 g/mol. The van der Waals surface area contributed by atoms with Crippen molar-refractivity contribution in [3.63, 3.8) is 0 Å². The van der Waals surface area contributed by atoms with Crippen molar-refractivity contribution in [3.8, 4) is 0 Å². The second-order valence-electron chi connectivity index (χ2n) is 3.66. The van der Waals surface area contributed by atoms with Crippen LogP contribution in [0.4, 0.5) is 0 Å². The van der Waals surface area contributed by atoms with Gasteiger partial charge in [0.15, 0.2) is 0 Å². The van der Waals surface area contributed by atoms with Gasteiger partial charge in [0.1, 0.15) is 18.7 Å². The lowest BCUT2D eigenvalue weighted by Gasteiger charge is -2.28. The SMILES string of the molecule is CC(C(=O)N1CCNC(=O)C1)n1cncn1. The van der Waals surface area contributed by atoms with Gasteiger partial charge in [0.25, 0.3) is 0 Å². The number of hydrogen-bond acceptors (Lipinski definition) is 4. The van der Waals surface area contributed by atoms with Crippen LogP contribution < -0.4 is 5.32 Å². The van der Waals surface area contributed by atoms with Crippen LogP contribution >= 0.6 is 0 Å². The maximum atomic E-state index is 12.0. The predicted molar refractivity (Wildman–Crippen MR) is 54.3 cm³/mol. The molecule has 2 amide bonds. The molecule has 0 spiro atoms. The highest BCUT2D eigenvalue weighted by atomic mass is 16.2. The summed E-state index contributed by atoms with van der Waals surface area (Å²) in [5.41, 5.74) is 0. The van der Waals surface area contributed by atoms with Gasteiger partial charge < -0.3 is 10.2 Å². The van der Waals surface area contributed by atoms with E-state index in [9.17, 15) is 9.59 Å². The van der Waals surface area contributed by atoms with E-state index in [0.29, 0.717) is 13.1 Å². The lowest BCUT2D eigenvalue weighted by atomic mass is 10.2. The maximum Gasteiger partial charge on any atom is 0.247 e. The summed E-state index contributed by atoms with van der Waals surface area (Å²) < 4.78 is 1.48. The summed E-state index contributed by atoms with van der Waals surface area (Å²) in [5, 5.41) is 6.58. The average molecular weight is 223 g/mol. The highest BCUT2D eigenvalue weighted by Crippen LogP contribution is 2.08. The molecule has 1 N–H and O–H groups in total. The van der Waals surface area contributed by atoms with E-state index in [1.807, 2.05) is 0 Å². The molecule has 0 aromatic carbocycles. The zero-order chi connectivity index (χ0) is 11.5. The fourth-order valence-electron chi connectivity index (χ4n) is 1.62. The lowest BCUT2D eigenvalue weighted by molar-refractivity contribution is -0.140. The average Bonchev–Trinajstić information content (AvgIpc) is 2.80. The van der Waals surface area contributed by atoms with Gasteiger partial charge in [-0.1, -0.05) is 0 Å². The Morgan fingerprint density at radius 3 is 3.06 bits per heavy atom. The van der Waals surface area contributed by atoms with E-state index in [1.165, 1.54) is 22.2 Å². The van der Waals surface area contributed by atoms with Crippen LogP contribution in [0.1, 0.15) is 13.0 Å². The molecule has 1 aliphatic heterocycles. The lowest BCUT2D eigenvalue weighted by Crippen LogP contribution is -2.51. The van der Waals surface area contributed by atoms with Gasteiger partial charge in [-0.25, -0.2) is 9.67 Å². The normalized spacial score (nSPS) is 18.1. The number of aromatic nitrogens is 3. The molecule has 1 aliphatic rings. The summed E-state index contributed by atoms with van der Waals surface area (Å²) in [6.07, 6.45) is 2.87. The van der Waals surface area contributed by atoms with Crippen molar-refractivity contribution in [1.29, 1.82) is 0 Å². The number of carbonyl (C=O) groups is 2. The molecular formula is C9H13N5O2. The third kappa shape index (κ3) is 2.02. The van der Waals surface area contributed by atoms with E-state index in [2.05, 4.69) is 15.4 Å². The smallest absolute Gasteiger partial charge is 0.247 e. The summed E-state index contributed by atoms with van der Waals surface area (Å²) in [7, 11) is 0. The van der Waals surface area contributed by atoms with Gasteiger partial charge in [0.2, 0.25) is 11.8 Å². The molecule has 16 heavy (non-hydrogen) atoms. The first-order valence-electron chi connectivity index (χ1n) is 5.08. The molecule has 0 radical (unpaired) electrons. The minimum absolute atomic E-state index is 0.111. The zero-order valence-corrected chi connectivity index (χ0v) is 8.96. The zero-order valence-electron chi connectivity index (χ0n) is 8.96. The fourth-order valence-corrected chi connectivity index (χ4v) is 1.62. The van der Waals surface area contributed by atoms with Crippen molar-refractivity contribution in [2.24, 2.45) is 0 Å². The molecule has 0 aliphatic carbocycles.